The minimum atomic E-state index is -4.34. The van der Waals surface area contributed by atoms with E-state index in [2.05, 4.69) is 43.9 Å². The molecule has 2 fully saturated rings. The first kappa shape index (κ1) is 29.6. The summed E-state index contributed by atoms with van der Waals surface area (Å²) < 4.78 is 39.9. The maximum Gasteiger partial charge on any atom is 0.416 e. The van der Waals surface area contributed by atoms with Crippen LogP contribution in [0.5, 0.6) is 0 Å². The summed E-state index contributed by atoms with van der Waals surface area (Å²) in [4.78, 5) is 26.8. The molecule has 2 aromatic carbocycles. The Bertz CT molecular complexity index is 1380. The molecule has 0 saturated carbocycles. The van der Waals surface area contributed by atoms with E-state index in [1.54, 1.807) is 12.3 Å². The highest BCUT2D eigenvalue weighted by atomic mass is 19.4. The molecule has 2 atom stereocenters. The zero-order valence-electron chi connectivity index (χ0n) is 24.6. The Morgan fingerprint density at radius 3 is 2.49 bits per heavy atom. The van der Waals surface area contributed by atoms with Crippen molar-refractivity contribution in [2.45, 2.75) is 51.0 Å². The van der Waals surface area contributed by atoms with Gasteiger partial charge in [-0.3, -0.25) is 19.6 Å². The number of likely N-dealkylation sites (tertiary alicyclic amines) is 1. The Labute approximate surface area is 252 Å². The van der Waals surface area contributed by atoms with Gasteiger partial charge in [0.05, 0.1) is 5.56 Å². The van der Waals surface area contributed by atoms with Crippen molar-refractivity contribution in [3.8, 4) is 0 Å². The van der Waals surface area contributed by atoms with Crippen LogP contribution in [-0.4, -0.2) is 77.4 Å². The van der Waals surface area contributed by atoms with E-state index in [0.717, 1.165) is 64.6 Å². The molecule has 0 N–H and O–H groups in total. The third kappa shape index (κ3) is 7.21. The number of carbonyl (C=O) groups is 1. The number of rotatable bonds is 7. The minimum Gasteiger partial charge on any atom is -0.369 e. The second-order valence-corrected chi connectivity index (χ2v) is 12.2. The summed E-state index contributed by atoms with van der Waals surface area (Å²) in [7, 11) is 0. The predicted octanol–water partition coefficient (Wildman–Crippen LogP) is 5.48. The number of alkyl halides is 3. The monoisotopic (exact) mass is 591 g/mol. The Hall–Kier alpha value is -3.43. The van der Waals surface area contributed by atoms with Crippen molar-refractivity contribution in [3.05, 3.63) is 95.3 Å². The molecule has 9 heteroatoms. The number of carbonyl (C=O) groups excluding carboxylic acids is 1. The molecular weight excluding hydrogens is 551 g/mol. The fourth-order valence-corrected chi connectivity index (χ4v) is 7.12. The molecule has 0 radical (unpaired) electrons. The number of halogens is 3. The first-order chi connectivity index (χ1) is 20.8. The highest BCUT2D eigenvalue weighted by molar-refractivity contribution is 5.76. The maximum absolute atomic E-state index is 13.4. The number of anilines is 1. The van der Waals surface area contributed by atoms with Gasteiger partial charge in [0.25, 0.3) is 0 Å². The van der Waals surface area contributed by atoms with Gasteiger partial charge in [0.2, 0.25) is 5.91 Å². The second-order valence-electron chi connectivity index (χ2n) is 12.2. The first-order valence-electron chi connectivity index (χ1n) is 15.5. The van der Waals surface area contributed by atoms with Gasteiger partial charge >= 0.3 is 6.18 Å². The lowest BCUT2D eigenvalue weighted by molar-refractivity contribution is -0.137. The normalized spacial score (nSPS) is 21.9. The van der Waals surface area contributed by atoms with E-state index in [9.17, 15) is 18.0 Å². The third-order valence-electron chi connectivity index (χ3n) is 9.44. The quantitative estimate of drug-likeness (QED) is 0.364. The van der Waals surface area contributed by atoms with Gasteiger partial charge in [-0.15, -0.1) is 0 Å². The Morgan fingerprint density at radius 2 is 1.72 bits per heavy atom. The third-order valence-corrected chi connectivity index (χ3v) is 9.44. The molecule has 0 aliphatic carbocycles. The van der Waals surface area contributed by atoms with Crippen LogP contribution in [0.1, 0.15) is 41.5 Å². The van der Waals surface area contributed by atoms with Crippen LogP contribution in [0.25, 0.3) is 0 Å². The zero-order valence-corrected chi connectivity index (χ0v) is 24.6. The van der Waals surface area contributed by atoms with Crippen LogP contribution in [0, 0.1) is 5.92 Å². The fraction of sp³-hybridized carbons (Fsp3) is 0.471. The van der Waals surface area contributed by atoms with Crippen molar-refractivity contribution in [1.29, 1.82) is 0 Å². The van der Waals surface area contributed by atoms with Crippen molar-refractivity contribution in [2.24, 2.45) is 5.92 Å². The van der Waals surface area contributed by atoms with Gasteiger partial charge in [0, 0.05) is 82.9 Å². The number of pyridine rings is 1. The Balaban J connectivity index is 1.10. The molecule has 3 aliphatic rings. The van der Waals surface area contributed by atoms with Gasteiger partial charge in [0.1, 0.15) is 0 Å². The smallest absolute Gasteiger partial charge is 0.369 e. The Kier molecular flexibility index (Phi) is 9.00. The van der Waals surface area contributed by atoms with Crippen LogP contribution in [0.2, 0.25) is 0 Å². The van der Waals surface area contributed by atoms with E-state index < -0.39 is 11.7 Å². The molecule has 0 bridgehead atoms. The van der Waals surface area contributed by atoms with Gasteiger partial charge in [-0.2, -0.15) is 13.2 Å². The van der Waals surface area contributed by atoms with Gasteiger partial charge < -0.3 is 9.80 Å². The minimum absolute atomic E-state index is 0.229. The van der Waals surface area contributed by atoms with E-state index in [1.807, 2.05) is 23.2 Å². The van der Waals surface area contributed by atoms with Gasteiger partial charge in [0.15, 0.2) is 0 Å². The van der Waals surface area contributed by atoms with Crippen molar-refractivity contribution in [1.82, 2.24) is 19.7 Å². The molecule has 43 heavy (non-hydrogen) atoms. The molecule has 6 nitrogen and oxygen atoms in total. The molecule has 3 aromatic rings. The summed E-state index contributed by atoms with van der Waals surface area (Å²) in [5, 5.41) is 0. The van der Waals surface area contributed by atoms with Crippen LogP contribution < -0.4 is 4.90 Å². The number of fused-ring (bicyclic) bond motifs is 1. The summed E-state index contributed by atoms with van der Waals surface area (Å²) in [5.41, 5.74) is 3.81. The van der Waals surface area contributed by atoms with Crippen LogP contribution >= 0.6 is 0 Å². The topological polar surface area (TPSA) is 42.9 Å². The van der Waals surface area contributed by atoms with E-state index in [1.165, 1.54) is 28.8 Å². The molecule has 0 spiro atoms. The van der Waals surface area contributed by atoms with Gasteiger partial charge in [-0.1, -0.05) is 36.4 Å². The van der Waals surface area contributed by atoms with Crippen LogP contribution in [0.3, 0.4) is 0 Å². The number of hydrogen-bond acceptors (Lipinski definition) is 5. The van der Waals surface area contributed by atoms with Crippen LogP contribution in [-0.2, 0) is 30.5 Å². The summed E-state index contributed by atoms with van der Waals surface area (Å²) in [6.45, 7) is 7.18. The summed E-state index contributed by atoms with van der Waals surface area (Å²) in [5.74, 6) is 0.568. The molecule has 4 heterocycles. The van der Waals surface area contributed by atoms with Gasteiger partial charge in [-0.05, 0) is 72.7 Å². The number of piperidine rings is 1. The lowest BCUT2D eigenvalue weighted by Crippen LogP contribution is -2.56. The van der Waals surface area contributed by atoms with E-state index in [4.69, 9.17) is 0 Å². The number of benzene rings is 2. The molecule has 2 saturated heterocycles. The average molecular weight is 592 g/mol. The van der Waals surface area contributed by atoms with Gasteiger partial charge in [-0.25, -0.2) is 0 Å². The maximum atomic E-state index is 13.4. The molecular formula is C34H40F3N5O. The number of nitrogens with zero attached hydrogens (tertiary/aromatic N) is 5. The number of piperazine rings is 1. The highest BCUT2D eigenvalue weighted by Crippen LogP contribution is 2.33. The van der Waals surface area contributed by atoms with Crippen LogP contribution in [0.15, 0.2) is 73.1 Å². The molecule has 6 rings (SSSR count). The van der Waals surface area contributed by atoms with E-state index in [0.29, 0.717) is 43.7 Å². The molecule has 1 aromatic heterocycles. The van der Waals surface area contributed by atoms with Crippen molar-refractivity contribution >= 4 is 11.6 Å². The lowest BCUT2D eigenvalue weighted by Gasteiger charge is -2.47. The molecule has 228 valence electrons. The van der Waals surface area contributed by atoms with E-state index in [-0.39, 0.29) is 5.91 Å². The predicted molar refractivity (Wildman–Crippen MR) is 161 cm³/mol. The second kappa shape index (κ2) is 13.1. The van der Waals surface area contributed by atoms with Crippen LogP contribution in [0.4, 0.5) is 18.9 Å². The number of amides is 1. The van der Waals surface area contributed by atoms with Crippen molar-refractivity contribution < 1.29 is 18.0 Å². The van der Waals surface area contributed by atoms with Crippen molar-refractivity contribution in [2.75, 3.05) is 50.7 Å². The SMILES string of the molecule is O=C(CC[C@H]1CN(Cc2cccnc2)CC[C@H]1N1CCN(c2cccc(C(F)(F)F)c2)CC1)N1CCc2ccccc2C1. The lowest BCUT2D eigenvalue weighted by atomic mass is 9.86. The van der Waals surface area contributed by atoms with Crippen molar-refractivity contribution in [3.63, 3.8) is 0 Å². The average Bonchev–Trinajstić information content (AvgIpc) is 3.04. The first-order valence-corrected chi connectivity index (χ1v) is 15.5. The number of aromatic nitrogens is 1. The summed E-state index contributed by atoms with van der Waals surface area (Å²) in [6.07, 6.45) is 2.66. The molecule has 3 aliphatic heterocycles. The fourth-order valence-electron chi connectivity index (χ4n) is 7.12. The highest BCUT2D eigenvalue weighted by Gasteiger charge is 2.36. The summed E-state index contributed by atoms with van der Waals surface area (Å²) in [6, 6.07) is 18.5. The Morgan fingerprint density at radius 1 is 0.907 bits per heavy atom. The molecule has 1 amide bonds. The zero-order chi connectivity index (χ0) is 29.8. The summed E-state index contributed by atoms with van der Waals surface area (Å²) >= 11 is 0. The molecule has 0 unspecified atom stereocenters. The number of hydrogen-bond donors (Lipinski definition) is 0. The largest absolute Gasteiger partial charge is 0.416 e. The van der Waals surface area contributed by atoms with E-state index >= 15 is 0 Å². The standard InChI is InChI=1S/C34H40F3N5O/c35-34(36,37)30-8-3-9-31(21-30)40-17-19-41(20-18-40)32-13-15-39(23-26-5-4-14-38-22-26)24-29(32)10-11-33(43)42-16-12-27-6-1-2-7-28(27)25-42/h1-9,14,21-22,29,32H,10-13,15-20,23-25H2/t29-,32+/m0/s1.